The van der Waals surface area contributed by atoms with Gasteiger partial charge in [-0.25, -0.2) is 0 Å². The van der Waals surface area contributed by atoms with E-state index in [9.17, 15) is 0 Å². The third-order valence-corrected chi connectivity index (χ3v) is 3.48. The molecule has 0 amide bonds. The van der Waals surface area contributed by atoms with Crippen LogP contribution >= 0.6 is 11.8 Å². The van der Waals surface area contributed by atoms with Crippen LogP contribution in [0, 0.1) is 5.41 Å². The minimum atomic E-state index is 0.390. The lowest BCUT2D eigenvalue weighted by Gasteiger charge is -2.32. The van der Waals surface area contributed by atoms with E-state index < -0.39 is 0 Å². The molecule has 0 atom stereocenters. The third kappa shape index (κ3) is 2.63. The van der Waals surface area contributed by atoms with Gasteiger partial charge in [0.25, 0.3) is 0 Å². The normalized spacial score (nSPS) is 24.6. The summed E-state index contributed by atoms with van der Waals surface area (Å²) in [7, 11) is 0. The van der Waals surface area contributed by atoms with Gasteiger partial charge in [-0.2, -0.15) is 0 Å². The van der Waals surface area contributed by atoms with Crippen molar-refractivity contribution < 1.29 is 0 Å². The van der Waals surface area contributed by atoms with Crippen LogP contribution in [0.3, 0.4) is 0 Å². The average Bonchev–Trinajstić information content (AvgIpc) is 2.02. The summed E-state index contributed by atoms with van der Waals surface area (Å²) >= 11 is 1.92. The molecule has 1 heteroatoms. The lowest BCUT2D eigenvalue weighted by Crippen LogP contribution is -2.18. The van der Waals surface area contributed by atoms with Crippen molar-refractivity contribution in [3.8, 4) is 0 Å². The first kappa shape index (κ1) is 10.9. The Bertz CT molecular complexity index is 234. The zero-order valence-corrected chi connectivity index (χ0v) is 10.0. The number of allylic oxidation sites excluding steroid dienone is 3. The predicted octanol–water partition coefficient (Wildman–Crippen LogP) is 4.39. The number of hydrogen-bond donors (Lipinski definition) is 0. The van der Waals surface area contributed by atoms with Crippen molar-refractivity contribution >= 4 is 11.8 Å². The van der Waals surface area contributed by atoms with Crippen LogP contribution in [-0.4, -0.2) is 5.75 Å². The molecule has 0 aliphatic heterocycles. The van der Waals surface area contributed by atoms with E-state index in [1.807, 2.05) is 11.8 Å². The smallest absolute Gasteiger partial charge is 0.00543 e. The first-order chi connectivity index (χ1) is 6.08. The molecule has 0 unspecified atom stereocenters. The van der Waals surface area contributed by atoms with Crippen LogP contribution in [0.5, 0.6) is 0 Å². The van der Waals surface area contributed by atoms with E-state index in [1.165, 1.54) is 24.2 Å². The van der Waals surface area contributed by atoms with Crippen molar-refractivity contribution in [3.05, 3.63) is 22.6 Å². The van der Waals surface area contributed by atoms with Crippen molar-refractivity contribution in [1.82, 2.24) is 0 Å². The fourth-order valence-electron chi connectivity index (χ4n) is 1.85. The minimum Gasteiger partial charge on any atom is -0.134 e. The van der Waals surface area contributed by atoms with E-state index >= 15 is 0 Å². The van der Waals surface area contributed by atoms with Crippen molar-refractivity contribution in [2.45, 2.75) is 40.5 Å². The van der Waals surface area contributed by atoms with Crippen molar-refractivity contribution in [3.63, 3.8) is 0 Å². The van der Waals surface area contributed by atoms with Gasteiger partial charge in [-0.15, -0.1) is 11.8 Å². The first-order valence-corrected chi connectivity index (χ1v) is 6.12. The van der Waals surface area contributed by atoms with Gasteiger partial charge in [0.1, 0.15) is 0 Å². The molecule has 0 saturated carbocycles. The Morgan fingerprint density at radius 3 is 2.77 bits per heavy atom. The summed E-state index contributed by atoms with van der Waals surface area (Å²) in [6.45, 7) is 9.15. The van der Waals surface area contributed by atoms with Crippen LogP contribution < -0.4 is 0 Å². The van der Waals surface area contributed by atoms with Crippen LogP contribution in [0.2, 0.25) is 0 Å². The summed E-state index contributed by atoms with van der Waals surface area (Å²) in [5, 5.41) is 2.35. The van der Waals surface area contributed by atoms with Crippen LogP contribution in [0.4, 0.5) is 0 Å². The lowest BCUT2D eigenvalue weighted by atomic mass is 9.74. The Morgan fingerprint density at radius 1 is 1.54 bits per heavy atom. The molecule has 0 bridgehead atoms. The number of hydrogen-bond acceptors (Lipinski definition) is 1. The van der Waals surface area contributed by atoms with E-state index in [-0.39, 0.29) is 0 Å². The second kappa shape index (κ2) is 4.36. The monoisotopic (exact) mass is 196 g/mol. The van der Waals surface area contributed by atoms with Gasteiger partial charge >= 0.3 is 0 Å². The van der Waals surface area contributed by atoms with E-state index in [0.29, 0.717) is 5.41 Å². The zero-order valence-electron chi connectivity index (χ0n) is 9.18. The van der Waals surface area contributed by atoms with Gasteiger partial charge in [-0.05, 0) is 41.9 Å². The molecule has 0 heterocycles. The Balaban J connectivity index is 2.87. The molecule has 0 aromatic rings. The van der Waals surface area contributed by atoms with Crippen LogP contribution in [0.1, 0.15) is 40.5 Å². The van der Waals surface area contributed by atoms with Gasteiger partial charge in [0, 0.05) is 0 Å². The lowest BCUT2D eigenvalue weighted by molar-refractivity contribution is 0.405. The highest BCUT2D eigenvalue weighted by Gasteiger charge is 2.26. The second-order valence-corrected chi connectivity index (χ2v) is 5.44. The molecule has 0 aromatic carbocycles. The van der Waals surface area contributed by atoms with Gasteiger partial charge in [0.15, 0.2) is 0 Å². The molecule has 13 heavy (non-hydrogen) atoms. The summed E-state index contributed by atoms with van der Waals surface area (Å²) in [6, 6.07) is 0. The predicted molar refractivity (Wildman–Crippen MR) is 63.0 cm³/mol. The molecular weight excluding hydrogens is 176 g/mol. The summed E-state index contributed by atoms with van der Waals surface area (Å²) in [5.74, 6) is 1.17. The summed E-state index contributed by atoms with van der Waals surface area (Å²) < 4.78 is 0. The molecule has 1 aliphatic carbocycles. The first-order valence-electron chi connectivity index (χ1n) is 5.07. The molecule has 0 spiro atoms. The molecule has 1 aliphatic rings. The molecule has 0 N–H and O–H groups in total. The van der Waals surface area contributed by atoms with E-state index in [2.05, 4.69) is 39.2 Å². The van der Waals surface area contributed by atoms with E-state index in [4.69, 9.17) is 0 Å². The van der Waals surface area contributed by atoms with E-state index in [1.54, 1.807) is 5.57 Å². The van der Waals surface area contributed by atoms with Crippen molar-refractivity contribution in [1.29, 1.82) is 0 Å². The molecule has 0 aromatic heterocycles. The maximum Gasteiger partial charge on any atom is -0.00543 e. The Morgan fingerprint density at radius 2 is 2.23 bits per heavy atom. The maximum atomic E-state index is 2.37. The molecular formula is C12H20S. The second-order valence-electron chi connectivity index (χ2n) is 4.30. The topological polar surface area (TPSA) is 0 Å². The molecule has 0 saturated heterocycles. The molecule has 1 rings (SSSR count). The average molecular weight is 196 g/mol. The minimum absolute atomic E-state index is 0.390. The third-order valence-electron chi connectivity index (χ3n) is 2.74. The molecule has 74 valence electrons. The largest absolute Gasteiger partial charge is 0.134 e. The Hall–Kier alpha value is -0.170. The number of thioether (sulfide) groups is 1. The number of rotatable bonds is 2. The summed E-state index contributed by atoms with van der Waals surface area (Å²) in [6.07, 6.45) is 4.90. The fraction of sp³-hybridized carbons (Fsp3) is 0.667. The highest BCUT2D eigenvalue weighted by Crippen LogP contribution is 2.41. The van der Waals surface area contributed by atoms with Crippen LogP contribution in [-0.2, 0) is 0 Å². The quantitative estimate of drug-likeness (QED) is 0.631. The molecule has 0 radical (unpaired) electrons. The maximum absolute atomic E-state index is 2.37. The highest BCUT2D eigenvalue weighted by atomic mass is 32.2. The zero-order chi connectivity index (χ0) is 9.90. The summed E-state index contributed by atoms with van der Waals surface area (Å²) in [5.41, 5.74) is 3.42. The molecule has 0 nitrogen and oxygen atoms in total. The van der Waals surface area contributed by atoms with Crippen LogP contribution in [0.25, 0.3) is 0 Å². The van der Waals surface area contributed by atoms with Crippen molar-refractivity contribution in [2.75, 3.05) is 5.75 Å². The SMILES string of the molecule is CCSC=C1C(C)=CCCC1(C)C. The van der Waals surface area contributed by atoms with Gasteiger partial charge in [-0.1, -0.05) is 32.4 Å². The van der Waals surface area contributed by atoms with Gasteiger partial charge in [-0.3, -0.25) is 0 Å². The van der Waals surface area contributed by atoms with Gasteiger partial charge in [0.05, 0.1) is 0 Å². The standard InChI is InChI=1S/C12H20S/c1-5-13-9-11-10(2)7-6-8-12(11,3)4/h7,9H,5-6,8H2,1-4H3. The van der Waals surface area contributed by atoms with Gasteiger partial charge in [0.2, 0.25) is 0 Å². The fourth-order valence-corrected chi connectivity index (χ4v) is 2.69. The van der Waals surface area contributed by atoms with Crippen molar-refractivity contribution in [2.24, 2.45) is 5.41 Å². The van der Waals surface area contributed by atoms with Gasteiger partial charge < -0.3 is 0 Å². The Labute approximate surface area is 86.5 Å². The van der Waals surface area contributed by atoms with Crippen LogP contribution in [0.15, 0.2) is 22.6 Å². The molecule has 0 fully saturated rings. The highest BCUT2D eigenvalue weighted by molar-refractivity contribution is 8.02. The Kier molecular flexibility index (Phi) is 3.66. The summed E-state index contributed by atoms with van der Waals surface area (Å²) in [4.78, 5) is 0. The van der Waals surface area contributed by atoms with E-state index in [0.717, 1.165) is 0 Å².